The first-order valence-electron chi connectivity index (χ1n) is 19.9. The number of non-ortho nitro benzene ring substituents is 1. The molecule has 59 heavy (non-hydrogen) atoms. The van der Waals surface area contributed by atoms with Crippen LogP contribution in [0.3, 0.4) is 0 Å². The number of aromatic hydroxyl groups is 1. The molecule has 0 aliphatic rings. The van der Waals surface area contributed by atoms with Gasteiger partial charge in [-0.15, -0.1) is 5.10 Å². The molecule has 2 N–H and O–H groups in total. The van der Waals surface area contributed by atoms with Crippen LogP contribution in [0.4, 0.5) is 5.69 Å². The Balaban J connectivity index is 1.40. The second-order valence-electron chi connectivity index (χ2n) is 14.0. The number of nitrogens with zero attached hydrogens (tertiary/aromatic N) is 7. The number of hydrogen-bond donors (Lipinski definition) is 2. The molecule has 15 nitrogen and oxygen atoms in total. The van der Waals surface area contributed by atoms with Gasteiger partial charge in [0.2, 0.25) is 11.0 Å². The maximum Gasteiger partial charge on any atom is 0.307 e. The van der Waals surface area contributed by atoms with Crippen molar-refractivity contribution in [2.75, 3.05) is 13.7 Å². The van der Waals surface area contributed by atoms with Gasteiger partial charge in [0.05, 0.1) is 41.1 Å². The molecule has 6 rings (SSSR count). The van der Waals surface area contributed by atoms with Crippen molar-refractivity contribution in [1.82, 2.24) is 35.3 Å². The van der Waals surface area contributed by atoms with E-state index in [9.17, 15) is 24.8 Å². The van der Waals surface area contributed by atoms with Crippen LogP contribution in [-0.4, -0.2) is 65.5 Å². The van der Waals surface area contributed by atoms with Crippen molar-refractivity contribution in [1.29, 1.82) is 0 Å². The summed E-state index contributed by atoms with van der Waals surface area (Å²) in [5, 5.41) is 44.7. The van der Waals surface area contributed by atoms with E-state index in [0.717, 1.165) is 36.2 Å². The standard InChI is InChI=1S/C43H48N8O7S/c1-3-4-5-6-7-8-9-10-14-21-37-36(29-59-43-45-47-48-50(43)30-17-12-11-13-18-30)42(49(46-37)31-22-24-32(25-23-31)51(55)56)58-38-28-35(41(54)44-27-26-39(52)57-2)40(53)34-20-16-15-19-33(34)38/h11-13,15-20,22-25,28,53H,3-10,14,21,26-27,29H2,1-2H3,(H,44,54). The van der Waals surface area contributed by atoms with Crippen molar-refractivity contribution in [3.8, 4) is 28.8 Å². The van der Waals surface area contributed by atoms with Crippen molar-refractivity contribution >= 4 is 40.1 Å². The van der Waals surface area contributed by atoms with Gasteiger partial charge in [0, 0.05) is 40.8 Å². The minimum atomic E-state index is -0.611. The Morgan fingerprint density at radius 2 is 1.53 bits per heavy atom. The first kappa shape index (κ1) is 42.3. The Morgan fingerprint density at radius 1 is 0.864 bits per heavy atom. The molecule has 0 atom stereocenters. The number of amides is 1. The van der Waals surface area contributed by atoms with E-state index in [1.807, 2.05) is 30.3 Å². The number of methoxy groups -OCH3 is 1. The molecular formula is C43H48N8O7S. The number of ether oxygens (including phenoxy) is 2. The second kappa shape index (κ2) is 20.9. The molecule has 0 saturated heterocycles. The van der Waals surface area contributed by atoms with Crippen molar-refractivity contribution in [2.45, 2.75) is 88.5 Å². The highest BCUT2D eigenvalue weighted by Crippen LogP contribution is 2.41. The third kappa shape index (κ3) is 10.8. The normalized spacial score (nSPS) is 11.2. The molecule has 0 bridgehead atoms. The van der Waals surface area contributed by atoms with Crippen LogP contribution in [0.2, 0.25) is 0 Å². The summed E-state index contributed by atoms with van der Waals surface area (Å²) in [6.07, 6.45) is 11.0. The number of esters is 1. The molecule has 0 spiro atoms. The highest BCUT2D eigenvalue weighted by molar-refractivity contribution is 7.98. The number of hydrogen-bond acceptors (Lipinski definition) is 12. The van der Waals surface area contributed by atoms with Gasteiger partial charge in [0.15, 0.2) is 0 Å². The Morgan fingerprint density at radius 3 is 2.22 bits per heavy atom. The van der Waals surface area contributed by atoms with Gasteiger partial charge in [-0.25, -0.2) is 4.68 Å². The number of fused-ring (bicyclic) bond motifs is 1. The van der Waals surface area contributed by atoms with Crippen LogP contribution >= 0.6 is 11.8 Å². The number of thioether (sulfide) groups is 1. The molecule has 0 radical (unpaired) electrons. The van der Waals surface area contributed by atoms with Crippen LogP contribution in [0.5, 0.6) is 17.4 Å². The van der Waals surface area contributed by atoms with Crippen LogP contribution in [0.25, 0.3) is 22.1 Å². The van der Waals surface area contributed by atoms with Crippen molar-refractivity contribution in [2.24, 2.45) is 0 Å². The number of carbonyl (C=O) groups excluding carboxylic acids is 2. The quantitative estimate of drug-likeness (QED) is 0.0218. The number of aromatic nitrogens is 6. The number of phenolic OH excluding ortho intramolecular Hbond substituents is 1. The number of benzene rings is 4. The van der Waals surface area contributed by atoms with E-state index in [1.54, 1.807) is 45.8 Å². The van der Waals surface area contributed by atoms with E-state index in [1.165, 1.54) is 75.6 Å². The van der Waals surface area contributed by atoms with Gasteiger partial charge in [0.25, 0.3) is 11.6 Å². The lowest BCUT2D eigenvalue weighted by Gasteiger charge is -2.16. The Hall–Kier alpha value is -6.29. The fourth-order valence-corrected chi connectivity index (χ4v) is 7.64. The van der Waals surface area contributed by atoms with Crippen LogP contribution in [0.1, 0.15) is 92.7 Å². The van der Waals surface area contributed by atoms with Gasteiger partial charge in [-0.1, -0.05) is 113 Å². The number of aryl methyl sites for hydroxylation is 1. The molecule has 6 aromatic rings. The van der Waals surface area contributed by atoms with Crippen LogP contribution in [-0.2, 0) is 21.7 Å². The molecule has 0 aliphatic heterocycles. The topological polar surface area (TPSA) is 189 Å². The van der Waals surface area contributed by atoms with Gasteiger partial charge < -0.3 is 19.9 Å². The van der Waals surface area contributed by atoms with Crippen LogP contribution in [0.15, 0.2) is 90.1 Å². The highest BCUT2D eigenvalue weighted by atomic mass is 32.2. The number of unbranched alkanes of at least 4 members (excludes halogenated alkanes) is 8. The largest absolute Gasteiger partial charge is 0.506 e. The first-order valence-corrected chi connectivity index (χ1v) is 20.9. The molecule has 16 heteroatoms. The monoisotopic (exact) mass is 820 g/mol. The summed E-state index contributed by atoms with van der Waals surface area (Å²) in [7, 11) is 1.27. The van der Waals surface area contributed by atoms with Gasteiger partial charge in [0.1, 0.15) is 11.5 Å². The van der Waals surface area contributed by atoms with Gasteiger partial charge in [-0.3, -0.25) is 19.7 Å². The zero-order valence-corrected chi connectivity index (χ0v) is 34.0. The summed E-state index contributed by atoms with van der Waals surface area (Å²) < 4.78 is 14.9. The Kier molecular flexibility index (Phi) is 15.0. The predicted octanol–water partition coefficient (Wildman–Crippen LogP) is 9.07. The number of nitrogens with one attached hydrogen (secondary N) is 1. The summed E-state index contributed by atoms with van der Waals surface area (Å²) in [5.41, 5.74) is 2.70. The minimum absolute atomic E-state index is 0.00702. The predicted molar refractivity (Wildman–Crippen MR) is 225 cm³/mol. The van der Waals surface area contributed by atoms with Crippen molar-refractivity contribution in [3.63, 3.8) is 0 Å². The molecule has 0 aliphatic carbocycles. The third-order valence-electron chi connectivity index (χ3n) is 9.90. The van der Waals surface area contributed by atoms with Crippen LogP contribution in [0, 0.1) is 10.1 Å². The molecule has 0 fully saturated rings. The highest BCUT2D eigenvalue weighted by Gasteiger charge is 2.26. The summed E-state index contributed by atoms with van der Waals surface area (Å²) in [4.78, 5) is 36.4. The maximum absolute atomic E-state index is 13.5. The second-order valence-corrected chi connectivity index (χ2v) is 14.9. The number of para-hydroxylation sites is 1. The fraction of sp³-hybridized carbons (Fsp3) is 0.349. The lowest BCUT2D eigenvalue weighted by atomic mass is 10.0. The van der Waals surface area contributed by atoms with Gasteiger partial charge >= 0.3 is 5.97 Å². The summed E-state index contributed by atoms with van der Waals surface area (Å²) in [6, 6.07) is 24.1. The van der Waals surface area contributed by atoms with E-state index in [2.05, 4.69) is 27.8 Å². The van der Waals surface area contributed by atoms with E-state index >= 15 is 0 Å². The zero-order valence-electron chi connectivity index (χ0n) is 33.2. The molecular weight excluding hydrogens is 773 g/mol. The molecule has 2 heterocycles. The SMILES string of the molecule is CCCCCCCCCCCc1nn(-c2ccc([N+](=O)[O-])cc2)c(Oc2cc(C(=O)NCCC(=O)OC)c(O)c3ccccc23)c1CSc1nnnn1-c1ccccc1. The lowest BCUT2D eigenvalue weighted by Crippen LogP contribution is -2.26. The molecule has 1 amide bonds. The molecule has 0 saturated carbocycles. The van der Waals surface area contributed by atoms with Crippen LogP contribution < -0.4 is 10.1 Å². The number of nitro groups is 1. The average Bonchev–Trinajstić information content (AvgIpc) is 3.87. The fourth-order valence-electron chi connectivity index (χ4n) is 6.72. The third-order valence-corrected chi connectivity index (χ3v) is 10.8. The van der Waals surface area contributed by atoms with Crippen molar-refractivity contribution < 1.29 is 29.1 Å². The maximum atomic E-state index is 13.5. The Labute approximate surface area is 346 Å². The number of phenols is 1. The summed E-state index contributed by atoms with van der Waals surface area (Å²) >= 11 is 1.40. The number of rotatable bonds is 22. The van der Waals surface area contributed by atoms with E-state index in [-0.39, 0.29) is 35.7 Å². The number of tetrazole rings is 1. The van der Waals surface area contributed by atoms with Gasteiger partial charge in [-0.05, 0) is 53.6 Å². The van der Waals surface area contributed by atoms with E-state index in [0.29, 0.717) is 39.7 Å². The summed E-state index contributed by atoms with van der Waals surface area (Å²) in [5.74, 6) is -0.432. The summed E-state index contributed by atoms with van der Waals surface area (Å²) in [6.45, 7) is 2.21. The van der Waals surface area contributed by atoms with E-state index < -0.39 is 16.8 Å². The average molecular weight is 821 g/mol. The molecule has 0 unspecified atom stereocenters. The smallest absolute Gasteiger partial charge is 0.307 e. The molecule has 4 aromatic carbocycles. The zero-order chi connectivity index (χ0) is 41.6. The number of nitro benzene ring substituents is 1. The minimum Gasteiger partial charge on any atom is -0.506 e. The number of carbonyl (C=O) groups is 2. The van der Waals surface area contributed by atoms with E-state index in [4.69, 9.17) is 14.6 Å². The Bertz CT molecular complexity index is 2350. The lowest BCUT2D eigenvalue weighted by molar-refractivity contribution is -0.384. The first-order chi connectivity index (χ1) is 28.8. The van der Waals surface area contributed by atoms with Crippen molar-refractivity contribution in [3.05, 3.63) is 112 Å². The molecule has 2 aromatic heterocycles. The molecule has 308 valence electrons. The van der Waals surface area contributed by atoms with Gasteiger partial charge in [-0.2, -0.15) is 9.78 Å².